The summed E-state index contributed by atoms with van der Waals surface area (Å²) in [5, 5.41) is 40.6. The fraction of sp³-hybridized carbons (Fsp3) is 0.152. The van der Waals surface area contributed by atoms with Crippen molar-refractivity contribution in [3.05, 3.63) is 134 Å². The summed E-state index contributed by atoms with van der Waals surface area (Å²) in [6.07, 6.45) is 2.08. The minimum atomic E-state index is -1.64. The first-order valence-electron chi connectivity index (χ1n) is 13.7. The van der Waals surface area contributed by atoms with Crippen molar-refractivity contribution in [1.29, 1.82) is 0 Å². The number of carboxylic acid groups (broad SMARTS) is 3. The Morgan fingerprint density at radius 2 is 1.34 bits per heavy atom. The number of carbonyl (C=O) groups is 4. The molecule has 0 saturated carbocycles. The van der Waals surface area contributed by atoms with E-state index < -0.39 is 57.0 Å². The SMILES string of the molecule is O=C(O)c1cc(C(=O)O)c(C(=O)N(Cc2cccc(-c3cccc([N+](=O)[O-])c3)c2)[C@H]2CCCc3ccccc32)cc1C(=O)O. The van der Waals surface area contributed by atoms with E-state index in [1.165, 1.54) is 17.0 Å². The Labute approximate surface area is 250 Å². The van der Waals surface area contributed by atoms with E-state index in [0.29, 0.717) is 29.2 Å². The number of aryl methyl sites for hydroxylation is 1. The maximum Gasteiger partial charge on any atom is 0.336 e. The van der Waals surface area contributed by atoms with E-state index in [4.69, 9.17) is 0 Å². The molecule has 11 heteroatoms. The first-order valence-corrected chi connectivity index (χ1v) is 13.7. The van der Waals surface area contributed by atoms with E-state index in [1.54, 1.807) is 36.4 Å². The Morgan fingerprint density at radius 3 is 2.00 bits per heavy atom. The number of hydrogen-bond donors (Lipinski definition) is 3. The van der Waals surface area contributed by atoms with Crippen LogP contribution in [0.5, 0.6) is 0 Å². The van der Waals surface area contributed by atoms with Crippen molar-refractivity contribution in [1.82, 2.24) is 4.90 Å². The van der Waals surface area contributed by atoms with Crippen LogP contribution in [0.15, 0.2) is 84.9 Å². The van der Waals surface area contributed by atoms with E-state index in [1.807, 2.05) is 24.3 Å². The molecule has 11 nitrogen and oxygen atoms in total. The lowest BCUT2D eigenvalue weighted by atomic mass is 9.86. The van der Waals surface area contributed by atoms with Crippen LogP contribution in [-0.4, -0.2) is 49.0 Å². The summed E-state index contributed by atoms with van der Waals surface area (Å²) in [5.41, 5.74) is 1.19. The summed E-state index contributed by atoms with van der Waals surface area (Å²) in [6.45, 7) is -0.0112. The van der Waals surface area contributed by atoms with Crippen LogP contribution < -0.4 is 0 Å². The van der Waals surface area contributed by atoms with Crippen LogP contribution in [0.4, 0.5) is 5.69 Å². The molecule has 0 saturated heterocycles. The molecule has 3 N–H and O–H groups in total. The highest BCUT2D eigenvalue weighted by molar-refractivity contribution is 6.10. The molecule has 1 aliphatic carbocycles. The molecule has 1 aliphatic rings. The maximum atomic E-state index is 14.4. The lowest BCUT2D eigenvalue weighted by Gasteiger charge is -2.36. The van der Waals surface area contributed by atoms with Gasteiger partial charge in [-0.3, -0.25) is 14.9 Å². The van der Waals surface area contributed by atoms with Gasteiger partial charge in [0.1, 0.15) is 0 Å². The molecule has 0 fully saturated rings. The number of carbonyl (C=O) groups excluding carboxylic acids is 1. The first kappa shape index (κ1) is 29.6. The van der Waals surface area contributed by atoms with Crippen LogP contribution in [0.3, 0.4) is 0 Å². The van der Waals surface area contributed by atoms with Crippen molar-refractivity contribution in [3.8, 4) is 11.1 Å². The summed E-state index contributed by atoms with van der Waals surface area (Å²) in [7, 11) is 0. The Bertz CT molecular complexity index is 1830. The summed E-state index contributed by atoms with van der Waals surface area (Å²) in [6, 6.07) is 21.8. The zero-order valence-corrected chi connectivity index (χ0v) is 23.2. The summed E-state index contributed by atoms with van der Waals surface area (Å²) in [5.74, 6) is -5.61. The topological polar surface area (TPSA) is 175 Å². The molecule has 0 aliphatic heterocycles. The maximum absolute atomic E-state index is 14.4. The molecule has 0 unspecified atom stereocenters. The van der Waals surface area contributed by atoms with Crippen molar-refractivity contribution >= 4 is 29.5 Å². The summed E-state index contributed by atoms with van der Waals surface area (Å²) in [4.78, 5) is 62.7. The van der Waals surface area contributed by atoms with Crippen molar-refractivity contribution in [2.24, 2.45) is 0 Å². The number of nitro groups is 1. The molecule has 4 aromatic rings. The van der Waals surface area contributed by atoms with Gasteiger partial charge in [-0.2, -0.15) is 0 Å². The third kappa shape index (κ3) is 5.88. The van der Waals surface area contributed by atoms with Crippen LogP contribution in [0.1, 0.15) is 77.0 Å². The van der Waals surface area contributed by atoms with E-state index in [-0.39, 0.29) is 12.2 Å². The largest absolute Gasteiger partial charge is 0.478 e. The number of aromatic carboxylic acids is 3. The van der Waals surface area contributed by atoms with Crippen molar-refractivity contribution in [2.75, 3.05) is 0 Å². The Balaban J connectivity index is 1.64. The summed E-state index contributed by atoms with van der Waals surface area (Å²) >= 11 is 0. The quantitative estimate of drug-likeness (QED) is 0.153. The molecule has 0 heterocycles. The zero-order chi connectivity index (χ0) is 31.5. The van der Waals surface area contributed by atoms with Gasteiger partial charge in [-0.25, -0.2) is 14.4 Å². The van der Waals surface area contributed by atoms with Crippen molar-refractivity contribution in [3.63, 3.8) is 0 Å². The van der Waals surface area contributed by atoms with Gasteiger partial charge >= 0.3 is 17.9 Å². The van der Waals surface area contributed by atoms with Gasteiger partial charge in [0.05, 0.1) is 33.2 Å². The lowest BCUT2D eigenvalue weighted by molar-refractivity contribution is -0.384. The zero-order valence-electron chi connectivity index (χ0n) is 23.2. The van der Waals surface area contributed by atoms with Gasteiger partial charge in [0.15, 0.2) is 0 Å². The molecule has 44 heavy (non-hydrogen) atoms. The number of fused-ring (bicyclic) bond motifs is 1. The highest BCUT2D eigenvalue weighted by Gasteiger charge is 2.33. The molecular formula is C33H26N2O9. The van der Waals surface area contributed by atoms with E-state index in [9.17, 15) is 44.6 Å². The molecule has 1 atom stereocenters. The van der Waals surface area contributed by atoms with Crippen LogP contribution in [0.25, 0.3) is 11.1 Å². The fourth-order valence-electron chi connectivity index (χ4n) is 5.68. The highest BCUT2D eigenvalue weighted by Crippen LogP contribution is 2.37. The van der Waals surface area contributed by atoms with Crippen LogP contribution in [-0.2, 0) is 13.0 Å². The number of rotatable bonds is 9. The number of benzene rings is 4. The number of nitrogens with zero attached hydrogens (tertiary/aromatic N) is 2. The Hall–Kier alpha value is -5.84. The average molecular weight is 595 g/mol. The third-order valence-corrected chi connectivity index (χ3v) is 7.72. The molecule has 1 amide bonds. The molecule has 0 bridgehead atoms. The monoisotopic (exact) mass is 594 g/mol. The van der Waals surface area contributed by atoms with Gasteiger partial charge in [-0.1, -0.05) is 54.6 Å². The fourth-order valence-corrected chi connectivity index (χ4v) is 5.68. The lowest BCUT2D eigenvalue weighted by Crippen LogP contribution is -2.37. The number of non-ortho nitro benzene ring substituents is 1. The highest BCUT2D eigenvalue weighted by atomic mass is 16.6. The van der Waals surface area contributed by atoms with Crippen LogP contribution in [0, 0.1) is 10.1 Å². The summed E-state index contributed by atoms with van der Waals surface area (Å²) < 4.78 is 0. The van der Waals surface area contributed by atoms with Gasteiger partial charge in [0.2, 0.25) is 0 Å². The molecular weight excluding hydrogens is 568 g/mol. The Morgan fingerprint density at radius 1 is 0.750 bits per heavy atom. The molecule has 0 spiro atoms. The number of nitro benzene ring substituents is 1. The van der Waals surface area contributed by atoms with Gasteiger partial charge in [0.25, 0.3) is 11.6 Å². The minimum absolute atomic E-state index is 0.0112. The predicted octanol–water partition coefficient (Wildman–Crippen LogP) is 6.08. The molecule has 0 aromatic heterocycles. The Kier molecular flexibility index (Phi) is 8.21. The predicted molar refractivity (Wildman–Crippen MR) is 158 cm³/mol. The van der Waals surface area contributed by atoms with Crippen LogP contribution in [0.2, 0.25) is 0 Å². The normalized spacial score (nSPS) is 13.9. The standard InChI is InChI=1S/C33H26N2O9/c36-30(25-16-27(32(39)40)28(33(41)42)17-26(25)31(37)38)34(29-13-5-8-20-7-1-2-12-24(20)29)18-19-6-3-9-21(14-19)22-10-4-11-23(15-22)35(43)44/h1-4,6-7,9-12,14-17,29H,5,8,13,18H2,(H,37,38)(H,39,40)(H,41,42)/t29-/m0/s1. The van der Waals surface area contributed by atoms with E-state index in [2.05, 4.69) is 0 Å². The van der Waals surface area contributed by atoms with Crippen molar-refractivity contribution in [2.45, 2.75) is 31.8 Å². The van der Waals surface area contributed by atoms with Gasteiger partial charge in [0, 0.05) is 18.7 Å². The third-order valence-electron chi connectivity index (χ3n) is 7.72. The van der Waals surface area contributed by atoms with Gasteiger partial charge in [-0.05, 0) is 65.3 Å². The number of carboxylic acids is 3. The molecule has 4 aromatic carbocycles. The molecule has 222 valence electrons. The van der Waals surface area contributed by atoms with E-state index >= 15 is 0 Å². The number of hydrogen-bond acceptors (Lipinski definition) is 6. The molecule has 5 rings (SSSR count). The number of amides is 1. The minimum Gasteiger partial charge on any atom is -0.478 e. The first-order chi connectivity index (χ1) is 21.0. The van der Waals surface area contributed by atoms with E-state index in [0.717, 1.165) is 30.0 Å². The molecule has 0 radical (unpaired) electrons. The van der Waals surface area contributed by atoms with Gasteiger partial charge in [-0.15, -0.1) is 0 Å². The second-order valence-corrected chi connectivity index (χ2v) is 10.4. The second kappa shape index (κ2) is 12.2. The van der Waals surface area contributed by atoms with Gasteiger partial charge < -0.3 is 20.2 Å². The average Bonchev–Trinajstić information content (AvgIpc) is 3.02. The van der Waals surface area contributed by atoms with Crippen LogP contribution >= 0.6 is 0 Å². The van der Waals surface area contributed by atoms with Crippen molar-refractivity contribution < 1.29 is 39.4 Å². The smallest absolute Gasteiger partial charge is 0.336 e. The second-order valence-electron chi connectivity index (χ2n) is 10.4.